The van der Waals surface area contributed by atoms with Crippen LogP contribution in [0.25, 0.3) is 0 Å². The maximum atomic E-state index is 13.5. The van der Waals surface area contributed by atoms with Gasteiger partial charge in [-0.1, -0.05) is 31.4 Å². The van der Waals surface area contributed by atoms with Gasteiger partial charge in [0.05, 0.1) is 0 Å². The summed E-state index contributed by atoms with van der Waals surface area (Å²) in [5, 5.41) is 13.1. The third kappa shape index (κ3) is 5.52. The SMILES string of the molecule is O=C(Nc1ccc2c(c1)OCO2)N(CCN1[C@@H]2CC[C@H]1CC(c1cccc(O)c1)C2)CC1CCCCC1. The molecule has 3 aliphatic heterocycles. The third-order valence-corrected chi connectivity index (χ3v) is 8.97. The summed E-state index contributed by atoms with van der Waals surface area (Å²) in [6.45, 7) is 2.72. The molecule has 2 aromatic carbocycles. The van der Waals surface area contributed by atoms with Crippen molar-refractivity contribution in [1.82, 2.24) is 9.80 Å². The smallest absolute Gasteiger partial charge is 0.321 e. The van der Waals surface area contributed by atoms with Gasteiger partial charge in [0, 0.05) is 43.5 Å². The van der Waals surface area contributed by atoms with Crippen molar-refractivity contribution < 1.29 is 19.4 Å². The summed E-state index contributed by atoms with van der Waals surface area (Å²) in [6.07, 6.45) is 11.0. The Morgan fingerprint density at radius 2 is 1.76 bits per heavy atom. The van der Waals surface area contributed by atoms with E-state index in [0.29, 0.717) is 35.4 Å². The van der Waals surface area contributed by atoms with Gasteiger partial charge in [0.2, 0.25) is 6.79 Å². The van der Waals surface area contributed by atoms with Crippen LogP contribution in [0.3, 0.4) is 0 Å². The van der Waals surface area contributed by atoms with Crippen LogP contribution in [-0.4, -0.2) is 59.4 Å². The minimum atomic E-state index is -0.0218. The molecular formula is C30H39N3O4. The first-order chi connectivity index (χ1) is 18.1. The molecule has 7 nitrogen and oxygen atoms in total. The van der Waals surface area contributed by atoms with E-state index >= 15 is 0 Å². The van der Waals surface area contributed by atoms with E-state index in [0.717, 1.165) is 43.9 Å². The van der Waals surface area contributed by atoms with Crippen LogP contribution in [0.1, 0.15) is 69.3 Å². The van der Waals surface area contributed by atoms with Crippen molar-refractivity contribution in [2.24, 2.45) is 5.92 Å². The molecule has 7 heteroatoms. The Morgan fingerprint density at radius 3 is 2.54 bits per heavy atom. The van der Waals surface area contributed by atoms with Crippen LogP contribution in [0, 0.1) is 5.92 Å². The Morgan fingerprint density at radius 1 is 0.973 bits per heavy atom. The average molecular weight is 506 g/mol. The first-order valence-electron chi connectivity index (χ1n) is 14.1. The number of piperidine rings is 1. The van der Waals surface area contributed by atoms with Crippen molar-refractivity contribution in [3.8, 4) is 17.2 Å². The minimum absolute atomic E-state index is 0.0218. The number of nitrogens with one attached hydrogen (secondary N) is 1. The Bertz CT molecular complexity index is 1090. The van der Waals surface area contributed by atoms with Gasteiger partial charge in [0.25, 0.3) is 0 Å². The summed E-state index contributed by atoms with van der Waals surface area (Å²) < 4.78 is 10.9. The number of carbonyl (C=O) groups excluding carboxylic acids is 1. The molecule has 1 aliphatic carbocycles. The number of phenols is 1. The van der Waals surface area contributed by atoms with E-state index in [1.54, 1.807) is 6.07 Å². The van der Waals surface area contributed by atoms with E-state index in [4.69, 9.17) is 9.47 Å². The molecule has 4 aliphatic rings. The first kappa shape index (κ1) is 24.4. The molecule has 2 saturated heterocycles. The second kappa shape index (κ2) is 10.8. The monoisotopic (exact) mass is 505 g/mol. The predicted octanol–water partition coefficient (Wildman–Crippen LogP) is 5.95. The van der Waals surface area contributed by atoms with Crippen LogP contribution in [0.2, 0.25) is 0 Å². The van der Waals surface area contributed by atoms with E-state index in [2.05, 4.69) is 21.2 Å². The highest BCUT2D eigenvalue weighted by molar-refractivity contribution is 5.89. The van der Waals surface area contributed by atoms with Gasteiger partial charge in [0.15, 0.2) is 11.5 Å². The first-order valence-corrected chi connectivity index (χ1v) is 14.1. The predicted molar refractivity (Wildman–Crippen MR) is 143 cm³/mol. The van der Waals surface area contributed by atoms with E-state index in [9.17, 15) is 9.90 Å². The van der Waals surface area contributed by atoms with E-state index in [-0.39, 0.29) is 12.8 Å². The molecule has 6 rings (SSSR count). The van der Waals surface area contributed by atoms with Gasteiger partial charge in [-0.15, -0.1) is 0 Å². The van der Waals surface area contributed by atoms with E-state index in [1.807, 2.05) is 30.3 Å². The molecule has 3 atom stereocenters. The topological polar surface area (TPSA) is 74.3 Å². The molecule has 2 bridgehead atoms. The largest absolute Gasteiger partial charge is 0.508 e. The zero-order chi connectivity index (χ0) is 25.2. The highest BCUT2D eigenvalue weighted by atomic mass is 16.7. The van der Waals surface area contributed by atoms with Gasteiger partial charge in [-0.25, -0.2) is 4.79 Å². The molecule has 198 valence electrons. The quantitative estimate of drug-likeness (QED) is 0.487. The lowest BCUT2D eigenvalue weighted by atomic mass is 9.85. The Hall–Kier alpha value is -2.93. The van der Waals surface area contributed by atoms with Crippen LogP contribution in [0.15, 0.2) is 42.5 Å². The van der Waals surface area contributed by atoms with Crippen LogP contribution in [0.4, 0.5) is 10.5 Å². The zero-order valence-corrected chi connectivity index (χ0v) is 21.6. The number of rotatable bonds is 7. The number of hydrogen-bond acceptors (Lipinski definition) is 5. The van der Waals surface area contributed by atoms with Gasteiger partial charge in [0.1, 0.15) is 5.75 Å². The van der Waals surface area contributed by atoms with Gasteiger partial charge in [-0.05, 0) is 80.2 Å². The number of aromatic hydroxyl groups is 1. The van der Waals surface area contributed by atoms with E-state index < -0.39 is 0 Å². The molecule has 3 fully saturated rings. The van der Waals surface area contributed by atoms with Crippen LogP contribution in [-0.2, 0) is 0 Å². The highest BCUT2D eigenvalue weighted by Gasteiger charge is 2.41. The maximum Gasteiger partial charge on any atom is 0.321 e. The van der Waals surface area contributed by atoms with Crippen LogP contribution in [0.5, 0.6) is 17.2 Å². The number of fused-ring (bicyclic) bond motifs is 3. The number of anilines is 1. The summed E-state index contributed by atoms with van der Waals surface area (Å²) in [5.74, 6) is 2.86. The molecule has 0 radical (unpaired) electrons. The normalized spacial score (nSPS) is 25.2. The lowest BCUT2D eigenvalue weighted by molar-refractivity contribution is 0.108. The van der Waals surface area contributed by atoms with Crippen molar-refractivity contribution in [2.45, 2.75) is 75.8 Å². The summed E-state index contributed by atoms with van der Waals surface area (Å²) in [6, 6.07) is 14.5. The fraction of sp³-hybridized carbons (Fsp3) is 0.567. The zero-order valence-electron chi connectivity index (χ0n) is 21.6. The Balaban J connectivity index is 1.11. The number of ether oxygens (including phenoxy) is 2. The summed E-state index contributed by atoms with van der Waals surface area (Å²) >= 11 is 0. The van der Waals surface area contributed by atoms with Gasteiger partial charge in [-0.2, -0.15) is 0 Å². The standard InChI is InChI=1S/C30H39N3O4/c34-27-8-4-7-22(17-27)23-15-25-10-11-26(16-23)33(25)14-13-32(19-21-5-2-1-3-6-21)30(35)31-24-9-12-28-29(18-24)37-20-36-28/h4,7-9,12,17-18,21,23,25-26,34H,1-3,5-6,10-11,13-16,19-20H2,(H,31,35)/t23?,25-,26+. The number of benzene rings is 2. The molecule has 2 aromatic rings. The summed E-state index contributed by atoms with van der Waals surface area (Å²) in [5.41, 5.74) is 2.01. The number of carbonyl (C=O) groups is 1. The van der Waals surface area contributed by atoms with Crippen molar-refractivity contribution in [3.63, 3.8) is 0 Å². The number of amides is 2. The Labute approximate surface area is 219 Å². The molecule has 3 heterocycles. The van der Waals surface area contributed by atoms with Crippen molar-refractivity contribution in [3.05, 3.63) is 48.0 Å². The lowest BCUT2D eigenvalue weighted by Crippen LogP contribution is -2.48. The average Bonchev–Trinajstić information content (AvgIpc) is 3.47. The number of urea groups is 1. The van der Waals surface area contributed by atoms with Gasteiger partial charge >= 0.3 is 6.03 Å². The summed E-state index contributed by atoms with van der Waals surface area (Å²) in [7, 11) is 0. The van der Waals surface area contributed by atoms with Crippen molar-refractivity contribution >= 4 is 11.7 Å². The Kier molecular flexibility index (Phi) is 7.14. The number of nitrogens with zero attached hydrogens (tertiary/aromatic N) is 2. The number of hydrogen-bond donors (Lipinski definition) is 2. The maximum absolute atomic E-state index is 13.5. The second-order valence-corrected chi connectivity index (χ2v) is 11.3. The molecule has 0 aromatic heterocycles. The van der Waals surface area contributed by atoms with Gasteiger partial charge in [-0.3, -0.25) is 4.90 Å². The molecule has 2 amide bonds. The molecule has 1 saturated carbocycles. The summed E-state index contributed by atoms with van der Waals surface area (Å²) in [4.78, 5) is 18.2. The van der Waals surface area contributed by atoms with Gasteiger partial charge < -0.3 is 24.8 Å². The van der Waals surface area contributed by atoms with Crippen molar-refractivity contribution in [2.75, 3.05) is 31.7 Å². The molecule has 37 heavy (non-hydrogen) atoms. The third-order valence-electron chi connectivity index (χ3n) is 8.97. The van der Waals surface area contributed by atoms with Crippen LogP contribution < -0.4 is 14.8 Å². The molecule has 1 unspecified atom stereocenters. The number of phenolic OH excluding ortho intramolecular Hbond substituents is 1. The van der Waals surface area contributed by atoms with Crippen molar-refractivity contribution in [1.29, 1.82) is 0 Å². The fourth-order valence-electron chi connectivity index (χ4n) is 7.06. The highest BCUT2D eigenvalue weighted by Crippen LogP contribution is 2.43. The molecule has 0 spiro atoms. The van der Waals surface area contributed by atoms with Crippen LogP contribution >= 0.6 is 0 Å². The second-order valence-electron chi connectivity index (χ2n) is 11.3. The lowest BCUT2D eigenvalue weighted by Gasteiger charge is -2.40. The van der Waals surface area contributed by atoms with E-state index in [1.165, 1.54) is 50.5 Å². The fourth-order valence-corrected chi connectivity index (χ4v) is 7.06. The molecule has 2 N–H and O–H groups in total. The minimum Gasteiger partial charge on any atom is -0.508 e. The molecular weight excluding hydrogens is 466 g/mol.